The summed E-state index contributed by atoms with van der Waals surface area (Å²) in [6.07, 6.45) is 0.303. The third kappa shape index (κ3) is 2.40. The van der Waals surface area contributed by atoms with Crippen molar-refractivity contribution < 1.29 is 4.79 Å². The largest absolute Gasteiger partial charge is 0.334 e. The number of fused-ring (bicyclic) bond motifs is 1. The maximum Gasteiger partial charge on any atom is 0.254 e. The molecule has 3 rings (SSSR count). The number of nitriles is 1. The number of likely N-dealkylation sites (N-methyl/N-ethyl adjacent to an activating group) is 1. The lowest BCUT2D eigenvalue weighted by atomic mass is 9.67. The van der Waals surface area contributed by atoms with Gasteiger partial charge in [0.25, 0.3) is 5.91 Å². The first-order valence-electron chi connectivity index (χ1n) is 7.48. The monoisotopic (exact) mass is 324 g/mol. The summed E-state index contributed by atoms with van der Waals surface area (Å²) in [4.78, 5) is 14.5. The van der Waals surface area contributed by atoms with Gasteiger partial charge in [0.2, 0.25) is 0 Å². The molecule has 2 aromatic rings. The normalized spacial score (nSPS) is 23.3. The molecular formula is C19H17ClN2O. The molecule has 0 saturated heterocycles. The Bertz CT molecular complexity index is 797. The van der Waals surface area contributed by atoms with Crippen LogP contribution in [0.1, 0.15) is 40.9 Å². The van der Waals surface area contributed by atoms with Crippen molar-refractivity contribution in [2.75, 3.05) is 7.05 Å². The maximum absolute atomic E-state index is 12.8. The van der Waals surface area contributed by atoms with Gasteiger partial charge in [-0.15, -0.1) is 0 Å². The van der Waals surface area contributed by atoms with E-state index < -0.39 is 5.41 Å². The summed E-state index contributed by atoms with van der Waals surface area (Å²) >= 11 is 6.17. The van der Waals surface area contributed by atoms with Crippen molar-refractivity contribution in [3.05, 3.63) is 70.2 Å². The van der Waals surface area contributed by atoms with Gasteiger partial charge in [-0.3, -0.25) is 4.79 Å². The Morgan fingerprint density at radius 3 is 2.61 bits per heavy atom. The van der Waals surface area contributed by atoms with Crippen molar-refractivity contribution >= 4 is 17.5 Å². The molecule has 1 amide bonds. The Labute approximate surface area is 141 Å². The number of amides is 1. The smallest absolute Gasteiger partial charge is 0.254 e. The first kappa shape index (κ1) is 15.6. The highest BCUT2D eigenvalue weighted by molar-refractivity contribution is 6.30. The van der Waals surface area contributed by atoms with Crippen LogP contribution in [0.5, 0.6) is 0 Å². The molecule has 0 bridgehead atoms. The zero-order chi connectivity index (χ0) is 16.6. The summed E-state index contributed by atoms with van der Waals surface area (Å²) in [6.45, 7) is 2.03. The number of halogens is 1. The molecule has 1 aliphatic rings. The Balaban J connectivity index is 2.28. The number of hydrogen-bond acceptors (Lipinski definition) is 2. The lowest BCUT2D eigenvalue weighted by molar-refractivity contribution is 0.0593. The van der Waals surface area contributed by atoms with E-state index in [4.69, 9.17) is 11.6 Å². The molecule has 0 unspecified atom stereocenters. The SMILES string of the molecule is CN1C(=O)c2ccc(Cl)cc2[C@@](C)(CC#N)[C@H]1c1ccccc1. The van der Waals surface area contributed by atoms with E-state index in [1.807, 2.05) is 43.3 Å². The second-order valence-corrected chi connectivity index (χ2v) is 6.61. The second kappa shape index (κ2) is 5.72. The molecule has 0 radical (unpaired) electrons. The van der Waals surface area contributed by atoms with Crippen LogP contribution in [0.3, 0.4) is 0 Å². The third-order valence-electron chi connectivity index (χ3n) is 4.70. The number of nitrogens with zero attached hydrogens (tertiary/aromatic N) is 2. The van der Waals surface area contributed by atoms with Crippen LogP contribution in [0.25, 0.3) is 0 Å². The average Bonchev–Trinajstić information content (AvgIpc) is 2.54. The number of benzene rings is 2. The molecule has 0 aliphatic carbocycles. The fraction of sp³-hybridized carbons (Fsp3) is 0.263. The van der Waals surface area contributed by atoms with Crippen LogP contribution in [0.2, 0.25) is 5.02 Å². The zero-order valence-corrected chi connectivity index (χ0v) is 13.8. The molecule has 1 heterocycles. The van der Waals surface area contributed by atoms with Crippen LogP contribution >= 0.6 is 11.6 Å². The molecule has 116 valence electrons. The van der Waals surface area contributed by atoms with E-state index in [0.29, 0.717) is 17.0 Å². The average molecular weight is 325 g/mol. The van der Waals surface area contributed by atoms with E-state index in [0.717, 1.165) is 11.1 Å². The highest BCUT2D eigenvalue weighted by atomic mass is 35.5. The minimum absolute atomic E-state index is 0.0408. The van der Waals surface area contributed by atoms with Crippen LogP contribution in [-0.4, -0.2) is 17.9 Å². The lowest BCUT2D eigenvalue weighted by Crippen LogP contribution is -2.48. The van der Waals surface area contributed by atoms with Gasteiger partial charge in [0.05, 0.1) is 12.1 Å². The van der Waals surface area contributed by atoms with Gasteiger partial charge in [0, 0.05) is 29.5 Å². The van der Waals surface area contributed by atoms with Crippen LogP contribution in [-0.2, 0) is 5.41 Å². The van der Waals surface area contributed by atoms with Crippen molar-refractivity contribution in [1.29, 1.82) is 5.26 Å². The van der Waals surface area contributed by atoms with Crippen LogP contribution in [0.4, 0.5) is 0 Å². The summed E-state index contributed by atoms with van der Waals surface area (Å²) < 4.78 is 0. The van der Waals surface area contributed by atoms with Gasteiger partial charge in [-0.25, -0.2) is 0 Å². The second-order valence-electron chi connectivity index (χ2n) is 6.17. The van der Waals surface area contributed by atoms with Crippen molar-refractivity contribution in [2.24, 2.45) is 0 Å². The highest BCUT2D eigenvalue weighted by Crippen LogP contribution is 2.48. The van der Waals surface area contributed by atoms with Gasteiger partial charge in [-0.2, -0.15) is 5.26 Å². The standard InChI is InChI=1S/C19H17ClN2O/c1-19(10-11-21)16-12-14(20)8-9-15(16)18(23)22(2)17(19)13-6-4-3-5-7-13/h3-9,12,17H,10H2,1-2H3/t17-,19-/m1/s1. The van der Waals surface area contributed by atoms with E-state index in [-0.39, 0.29) is 11.9 Å². The van der Waals surface area contributed by atoms with Gasteiger partial charge in [0.15, 0.2) is 0 Å². The third-order valence-corrected chi connectivity index (χ3v) is 4.94. The predicted octanol–water partition coefficient (Wildman–Crippen LogP) is 4.34. The minimum Gasteiger partial charge on any atom is -0.334 e. The van der Waals surface area contributed by atoms with E-state index >= 15 is 0 Å². The Hall–Kier alpha value is -2.31. The molecule has 3 nitrogen and oxygen atoms in total. The molecule has 23 heavy (non-hydrogen) atoms. The summed E-state index contributed by atoms with van der Waals surface area (Å²) in [5.74, 6) is -0.0408. The van der Waals surface area contributed by atoms with Crippen LogP contribution < -0.4 is 0 Å². The van der Waals surface area contributed by atoms with Crippen molar-refractivity contribution in [2.45, 2.75) is 24.8 Å². The molecule has 1 aliphatic heterocycles. The summed E-state index contributed by atoms with van der Waals surface area (Å²) in [7, 11) is 1.80. The number of rotatable bonds is 2. The Morgan fingerprint density at radius 1 is 1.26 bits per heavy atom. The number of carbonyl (C=O) groups is 1. The molecule has 2 atom stereocenters. The lowest BCUT2D eigenvalue weighted by Gasteiger charge is -2.47. The molecule has 4 heteroatoms. The van der Waals surface area contributed by atoms with E-state index in [1.165, 1.54) is 0 Å². The minimum atomic E-state index is -0.515. The summed E-state index contributed by atoms with van der Waals surface area (Å²) in [5.41, 5.74) is 1.98. The number of carbonyl (C=O) groups excluding carboxylic acids is 1. The molecule has 0 spiro atoms. The fourth-order valence-corrected chi connectivity index (χ4v) is 3.81. The van der Waals surface area contributed by atoms with Gasteiger partial charge in [0.1, 0.15) is 0 Å². The quantitative estimate of drug-likeness (QED) is 0.824. The van der Waals surface area contributed by atoms with E-state index in [2.05, 4.69) is 6.07 Å². The van der Waals surface area contributed by atoms with Gasteiger partial charge in [-0.05, 0) is 29.3 Å². The van der Waals surface area contributed by atoms with Gasteiger partial charge < -0.3 is 4.90 Å². The topological polar surface area (TPSA) is 44.1 Å². The molecule has 0 fully saturated rings. The maximum atomic E-state index is 12.8. The first-order valence-corrected chi connectivity index (χ1v) is 7.86. The van der Waals surface area contributed by atoms with E-state index in [9.17, 15) is 10.1 Å². The number of hydrogen-bond donors (Lipinski definition) is 0. The van der Waals surface area contributed by atoms with Crippen LogP contribution in [0.15, 0.2) is 48.5 Å². The molecule has 0 saturated carbocycles. The molecule has 2 aromatic carbocycles. The summed E-state index contributed by atoms with van der Waals surface area (Å²) in [5, 5.41) is 9.99. The van der Waals surface area contributed by atoms with Crippen LogP contribution in [0, 0.1) is 11.3 Å². The van der Waals surface area contributed by atoms with Crippen molar-refractivity contribution in [3.63, 3.8) is 0 Å². The zero-order valence-electron chi connectivity index (χ0n) is 13.1. The highest BCUT2D eigenvalue weighted by Gasteiger charge is 2.47. The predicted molar refractivity (Wildman–Crippen MR) is 90.3 cm³/mol. The Morgan fingerprint density at radius 2 is 1.96 bits per heavy atom. The fourth-order valence-electron chi connectivity index (χ4n) is 3.64. The van der Waals surface area contributed by atoms with E-state index in [1.54, 1.807) is 24.1 Å². The molecular weight excluding hydrogens is 308 g/mol. The molecule has 0 N–H and O–H groups in total. The molecule has 0 aromatic heterocycles. The first-order chi connectivity index (χ1) is 11.0. The van der Waals surface area contributed by atoms with Crippen molar-refractivity contribution in [3.8, 4) is 6.07 Å². The van der Waals surface area contributed by atoms with Gasteiger partial charge >= 0.3 is 0 Å². The van der Waals surface area contributed by atoms with Gasteiger partial charge in [-0.1, -0.05) is 48.9 Å². The summed E-state index contributed by atoms with van der Waals surface area (Å²) in [6, 6.07) is 17.2. The van der Waals surface area contributed by atoms with Crippen molar-refractivity contribution in [1.82, 2.24) is 4.90 Å². The Kier molecular flexibility index (Phi) is 3.87.